The van der Waals surface area contributed by atoms with Crippen LogP contribution >= 0.6 is 11.6 Å². The maximum Gasteiger partial charge on any atom is 0.263 e. The van der Waals surface area contributed by atoms with Gasteiger partial charge in [0.15, 0.2) is 0 Å². The topological polar surface area (TPSA) is 46.8 Å². The molecule has 2 saturated heterocycles. The highest BCUT2D eigenvalue weighted by Gasteiger charge is 2.36. The largest absolute Gasteiger partial charge is 0.381 e. The second kappa shape index (κ2) is 6.71. The standard InChI is InChI=1S/C19H24ClN3O2/c1-14-3-2-8-23-17(14)21-16(20)15(18(23)24)13-22-9-4-19(5-10-22)6-11-25-12-7-19/h2-3,8H,4-7,9-13H2,1H3. The maximum atomic E-state index is 12.9. The Morgan fingerprint density at radius 3 is 2.68 bits per heavy atom. The van der Waals surface area contributed by atoms with Crippen molar-refractivity contribution in [2.75, 3.05) is 26.3 Å². The molecule has 6 heteroatoms. The number of aryl methyl sites for hydroxylation is 1. The first-order valence-corrected chi connectivity index (χ1v) is 9.42. The summed E-state index contributed by atoms with van der Waals surface area (Å²) in [5, 5.41) is 0.339. The van der Waals surface area contributed by atoms with Gasteiger partial charge in [-0.1, -0.05) is 17.7 Å². The van der Waals surface area contributed by atoms with Gasteiger partial charge in [-0.15, -0.1) is 0 Å². The molecular weight excluding hydrogens is 338 g/mol. The van der Waals surface area contributed by atoms with Crippen LogP contribution in [0.25, 0.3) is 5.65 Å². The summed E-state index contributed by atoms with van der Waals surface area (Å²) in [6, 6.07) is 3.81. The molecule has 4 rings (SSSR count). The molecule has 2 aromatic rings. The van der Waals surface area contributed by atoms with E-state index in [-0.39, 0.29) is 5.56 Å². The number of pyridine rings is 1. The highest BCUT2D eigenvalue weighted by atomic mass is 35.5. The molecule has 0 aliphatic carbocycles. The summed E-state index contributed by atoms with van der Waals surface area (Å²) in [4.78, 5) is 19.7. The Morgan fingerprint density at radius 1 is 1.24 bits per heavy atom. The van der Waals surface area contributed by atoms with Crippen molar-refractivity contribution in [2.45, 2.75) is 39.2 Å². The molecule has 0 unspecified atom stereocenters. The molecule has 0 atom stereocenters. The van der Waals surface area contributed by atoms with Crippen LogP contribution in [0.15, 0.2) is 23.1 Å². The molecule has 0 bridgehead atoms. The van der Waals surface area contributed by atoms with Gasteiger partial charge in [-0.2, -0.15) is 0 Å². The van der Waals surface area contributed by atoms with Crippen molar-refractivity contribution in [1.82, 2.24) is 14.3 Å². The molecule has 0 radical (unpaired) electrons. The molecule has 1 spiro atoms. The fourth-order valence-electron chi connectivity index (χ4n) is 4.15. The Labute approximate surface area is 152 Å². The second-order valence-corrected chi connectivity index (χ2v) is 7.82. The SMILES string of the molecule is Cc1cccn2c(=O)c(CN3CCC4(CCOCC4)CC3)c(Cl)nc12. The van der Waals surface area contributed by atoms with Crippen LogP contribution in [-0.2, 0) is 11.3 Å². The van der Waals surface area contributed by atoms with Gasteiger partial charge in [0, 0.05) is 26.0 Å². The Kier molecular flexibility index (Phi) is 4.56. The number of rotatable bonds is 2. The van der Waals surface area contributed by atoms with Crippen LogP contribution in [0.1, 0.15) is 36.8 Å². The lowest BCUT2D eigenvalue weighted by Crippen LogP contribution is -2.43. The summed E-state index contributed by atoms with van der Waals surface area (Å²) in [5.74, 6) is 0. The van der Waals surface area contributed by atoms with Crippen LogP contribution in [0.2, 0.25) is 5.15 Å². The lowest BCUT2D eigenvalue weighted by Gasteiger charge is -2.44. The first-order valence-electron chi connectivity index (χ1n) is 9.04. The third-order valence-electron chi connectivity index (χ3n) is 5.94. The molecule has 5 nitrogen and oxygen atoms in total. The van der Waals surface area contributed by atoms with E-state index in [4.69, 9.17) is 16.3 Å². The lowest BCUT2D eigenvalue weighted by atomic mass is 9.72. The van der Waals surface area contributed by atoms with Gasteiger partial charge < -0.3 is 4.74 Å². The number of nitrogens with zero attached hydrogens (tertiary/aromatic N) is 3. The third-order valence-corrected chi connectivity index (χ3v) is 6.26. The summed E-state index contributed by atoms with van der Waals surface area (Å²) in [6.45, 7) is 6.31. The zero-order valence-corrected chi connectivity index (χ0v) is 15.4. The van der Waals surface area contributed by atoms with Crippen LogP contribution in [0.5, 0.6) is 0 Å². The molecule has 25 heavy (non-hydrogen) atoms. The molecule has 2 aliphatic heterocycles. The smallest absolute Gasteiger partial charge is 0.263 e. The lowest BCUT2D eigenvalue weighted by molar-refractivity contribution is -0.0218. The minimum atomic E-state index is -0.0509. The van der Waals surface area contributed by atoms with Crippen molar-refractivity contribution in [3.05, 3.63) is 45.0 Å². The molecule has 2 aliphatic rings. The number of hydrogen-bond acceptors (Lipinski definition) is 4. The molecule has 0 aromatic carbocycles. The highest BCUT2D eigenvalue weighted by Crippen LogP contribution is 2.40. The minimum absolute atomic E-state index is 0.0509. The summed E-state index contributed by atoms with van der Waals surface area (Å²) in [6.07, 6.45) is 6.46. The number of likely N-dealkylation sites (tertiary alicyclic amines) is 1. The van der Waals surface area contributed by atoms with E-state index < -0.39 is 0 Å². The van der Waals surface area contributed by atoms with Gasteiger partial charge in [0.2, 0.25) is 0 Å². The average Bonchev–Trinajstić information content (AvgIpc) is 2.62. The summed E-state index contributed by atoms with van der Waals surface area (Å²) < 4.78 is 7.13. The number of ether oxygens (including phenoxy) is 1. The minimum Gasteiger partial charge on any atom is -0.381 e. The number of fused-ring (bicyclic) bond motifs is 1. The first kappa shape index (κ1) is 17.0. The summed E-state index contributed by atoms with van der Waals surface area (Å²) in [7, 11) is 0. The van der Waals surface area contributed by atoms with Crippen LogP contribution in [-0.4, -0.2) is 40.6 Å². The fourth-order valence-corrected chi connectivity index (χ4v) is 4.38. The van der Waals surface area contributed by atoms with E-state index in [1.54, 1.807) is 10.6 Å². The summed E-state index contributed by atoms with van der Waals surface area (Å²) in [5.41, 5.74) is 2.60. The Morgan fingerprint density at radius 2 is 1.96 bits per heavy atom. The normalized spacial score (nSPS) is 21.0. The van der Waals surface area contributed by atoms with E-state index in [1.165, 1.54) is 25.7 Å². The molecule has 0 N–H and O–H groups in total. The fraction of sp³-hybridized carbons (Fsp3) is 0.579. The Balaban J connectivity index is 1.55. The van der Waals surface area contributed by atoms with E-state index in [0.29, 0.717) is 28.3 Å². The average molecular weight is 362 g/mol. The van der Waals surface area contributed by atoms with Gasteiger partial charge in [0.25, 0.3) is 5.56 Å². The highest BCUT2D eigenvalue weighted by molar-refractivity contribution is 6.30. The predicted octanol–water partition coefficient (Wildman–Crippen LogP) is 3.05. The summed E-state index contributed by atoms with van der Waals surface area (Å²) >= 11 is 6.37. The maximum absolute atomic E-state index is 12.9. The van der Waals surface area contributed by atoms with Gasteiger partial charge >= 0.3 is 0 Å². The molecule has 4 heterocycles. The Hall–Kier alpha value is -1.43. The van der Waals surface area contributed by atoms with Crippen molar-refractivity contribution < 1.29 is 4.74 Å². The van der Waals surface area contributed by atoms with E-state index in [1.807, 2.05) is 19.1 Å². The van der Waals surface area contributed by atoms with Crippen molar-refractivity contribution in [1.29, 1.82) is 0 Å². The molecule has 2 aromatic heterocycles. The number of hydrogen-bond donors (Lipinski definition) is 0. The van der Waals surface area contributed by atoms with Crippen molar-refractivity contribution in [3.8, 4) is 0 Å². The number of aromatic nitrogens is 2. The van der Waals surface area contributed by atoms with Crippen molar-refractivity contribution in [3.63, 3.8) is 0 Å². The zero-order chi connectivity index (χ0) is 17.4. The molecule has 0 saturated carbocycles. The van der Waals surface area contributed by atoms with Gasteiger partial charge in [-0.3, -0.25) is 14.1 Å². The van der Waals surface area contributed by atoms with Crippen LogP contribution in [0.3, 0.4) is 0 Å². The number of piperidine rings is 1. The van der Waals surface area contributed by atoms with E-state index >= 15 is 0 Å². The van der Waals surface area contributed by atoms with Crippen LogP contribution in [0.4, 0.5) is 0 Å². The first-order chi connectivity index (χ1) is 12.1. The van der Waals surface area contributed by atoms with E-state index in [2.05, 4.69) is 9.88 Å². The monoisotopic (exact) mass is 361 g/mol. The molecule has 134 valence electrons. The quantitative estimate of drug-likeness (QED) is 0.771. The van der Waals surface area contributed by atoms with Crippen molar-refractivity contribution in [2.24, 2.45) is 5.41 Å². The Bertz CT molecular complexity index is 832. The molecular formula is C19H24ClN3O2. The van der Waals surface area contributed by atoms with Gasteiger partial charge in [0.1, 0.15) is 10.8 Å². The third kappa shape index (κ3) is 3.21. The molecule has 0 amide bonds. The van der Waals surface area contributed by atoms with E-state index in [9.17, 15) is 4.79 Å². The van der Waals surface area contributed by atoms with Gasteiger partial charge in [0.05, 0.1) is 5.56 Å². The molecule has 2 fully saturated rings. The van der Waals surface area contributed by atoms with Crippen LogP contribution < -0.4 is 5.56 Å². The van der Waals surface area contributed by atoms with Gasteiger partial charge in [-0.05, 0) is 62.7 Å². The number of halogens is 1. The zero-order valence-electron chi connectivity index (χ0n) is 14.6. The predicted molar refractivity (Wildman–Crippen MR) is 98.2 cm³/mol. The van der Waals surface area contributed by atoms with Crippen molar-refractivity contribution >= 4 is 17.2 Å². The van der Waals surface area contributed by atoms with E-state index in [0.717, 1.165) is 31.9 Å². The second-order valence-electron chi connectivity index (χ2n) is 7.46. The van der Waals surface area contributed by atoms with Gasteiger partial charge in [-0.25, -0.2) is 4.98 Å². The van der Waals surface area contributed by atoms with Crippen LogP contribution in [0, 0.1) is 12.3 Å².